The first kappa shape index (κ1) is 17.0. The van der Waals surface area contributed by atoms with Crippen LogP contribution in [0.15, 0.2) is 42.6 Å². The fourth-order valence-electron chi connectivity index (χ4n) is 1.75. The highest BCUT2D eigenvalue weighted by molar-refractivity contribution is 5.67. The molecule has 0 aliphatic heterocycles. The number of alkyl carbamates (subject to hydrolysis) is 1. The Morgan fingerprint density at radius 1 is 1.33 bits per heavy atom. The van der Waals surface area contributed by atoms with Gasteiger partial charge in [0.1, 0.15) is 12.7 Å². The van der Waals surface area contributed by atoms with Crippen molar-refractivity contribution in [3.8, 4) is 17.9 Å². The van der Waals surface area contributed by atoms with Crippen LogP contribution in [0.2, 0.25) is 0 Å². The van der Waals surface area contributed by atoms with E-state index in [2.05, 4.69) is 22.1 Å². The lowest BCUT2D eigenvalue weighted by molar-refractivity contribution is 0.140. The van der Waals surface area contributed by atoms with Gasteiger partial charge in [-0.15, -0.1) is 0 Å². The summed E-state index contributed by atoms with van der Waals surface area (Å²) >= 11 is 0. The van der Waals surface area contributed by atoms with Gasteiger partial charge >= 0.3 is 6.09 Å². The molecule has 0 spiro atoms. The van der Waals surface area contributed by atoms with Crippen molar-refractivity contribution in [2.24, 2.45) is 0 Å². The van der Waals surface area contributed by atoms with Gasteiger partial charge < -0.3 is 10.1 Å². The molecule has 6 heteroatoms. The Morgan fingerprint density at radius 2 is 2.12 bits per heavy atom. The van der Waals surface area contributed by atoms with Crippen LogP contribution in [0.4, 0.5) is 9.18 Å². The first-order valence-electron chi connectivity index (χ1n) is 7.18. The molecule has 0 saturated heterocycles. The molecule has 120 valence electrons. The SMILES string of the molecule is N#Cc1ncc(C#CCCNC(=O)OCc2ccccc2)cc1F. The minimum absolute atomic E-state index is 0.203. The molecule has 24 heavy (non-hydrogen) atoms. The van der Waals surface area contributed by atoms with Crippen LogP contribution in [0.1, 0.15) is 23.2 Å². The summed E-state index contributed by atoms with van der Waals surface area (Å²) in [5.74, 6) is 4.80. The van der Waals surface area contributed by atoms with Gasteiger partial charge in [0.15, 0.2) is 11.5 Å². The van der Waals surface area contributed by atoms with Crippen LogP contribution < -0.4 is 5.32 Å². The zero-order valence-corrected chi connectivity index (χ0v) is 12.8. The fourth-order valence-corrected chi connectivity index (χ4v) is 1.75. The molecule has 5 nitrogen and oxygen atoms in total. The largest absolute Gasteiger partial charge is 0.445 e. The number of nitrogens with one attached hydrogen (secondary N) is 1. The number of carbonyl (C=O) groups excluding carboxylic acids is 1. The van der Waals surface area contributed by atoms with Crippen LogP contribution in [-0.4, -0.2) is 17.6 Å². The summed E-state index contributed by atoms with van der Waals surface area (Å²) in [6, 6.07) is 12.1. The third-order valence-electron chi connectivity index (χ3n) is 2.91. The number of hydrogen-bond donors (Lipinski definition) is 1. The van der Waals surface area contributed by atoms with E-state index in [1.54, 1.807) is 6.07 Å². The minimum Gasteiger partial charge on any atom is -0.445 e. The van der Waals surface area contributed by atoms with Gasteiger partial charge in [-0.1, -0.05) is 42.2 Å². The molecule has 0 aliphatic carbocycles. The number of halogens is 1. The number of nitrogens with zero attached hydrogens (tertiary/aromatic N) is 2. The quantitative estimate of drug-likeness (QED) is 0.693. The molecular weight excluding hydrogens is 309 g/mol. The Morgan fingerprint density at radius 3 is 2.83 bits per heavy atom. The zero-order chi connectivity index (χ0) is 17.2. The second kappa shape index (κ2) is 8.92. The van der Waals surface area contributed by atoms with Gasteiger partial charge in [0.2, 0.25) is 0 Å². The lowest BCUT2D eigenvalue weighted by atomic mass is 10.2. The highest BCUT2D eigenvalue weighted by Gasteiger charge is 2.02. The van der Waals surface area contributed by atoms with Gasteiger partial charge in [0.25, 0.3) is 0 Å². The van der Waals surface area contributed by atoms with Crippen LogP contribution in [-0.2, 0) is 11.3 Å². The van der Waals surface area contributed by atoms with Crippen LogP contribution in [0.25, 0.3) is 0 Å². The van der Waals surface area contributed by atoms with E-state index >= 15 is 0 Å². The molecule has 0 atom stereocenters. The van der Waals surface area contributed by atoms with Crippen LogP contribution >= 0.6 is 0 Å². The van der Waals surface area contributed by atoms with E-state index in [4.69, 9.17) is 10.00 Å². The average Bonchev–Trinajstić information content (AvgIpc) is 2.61. The number of hydrogen-bond acceptors (Lipinski definition) is 4. The molecule has 0 bridgehead atoms. The van der Waals surface area contributed by atoms with Crippen molar-refractivity contribution < 1.29 is 13.9 Å². The zero-order valence-electron chi connectivity index (χ0n) is 12.8. The average molecular weight is 323 g/mol. The van der Waals surface area contributed by atoms with Gasteiger partial charge in [0.05, 0.1) is 0 Å². The first-order valence-corrected chi connectivity index (χ1v) is 7.18. The first-order chi connectivity index (χ1) is 11.7. The van der Waals surface area contributed by atoms with E-state index in [0.717, 1.165) is 11.6 Å². The van der Waals surface area contributed by atoms with Crippen molar-refractivity contribution in [1.82, 2.24) is 10.3 Å². The molecule has 1 aromatic carbocycles. The second-order valence-corrected chi connectivity index (χ2v) is 4.71. The molecule has 2 rings (SSSR count). The smallest absolute Gasteiger partial charge is 0.407 e. The Labute approximate surface area is 139 Å². The van der Waals surface area contributed by atoms with E-state index in [1.807, 2.05) is 30.3 Å². The van der Waals surface area contributed by atoms with E-state index in [0.29, 0.717) is 18.5 Å². The van der Waals surface area contributed by atoms with Crippen molar-refractivity contribution in [3.63, 3.8) is 0 Å². The number of benzene rings is 1. The van der Waals surface area contributed by atoms with Crippen LogP contribution in [0, 0.1) is 29.0 Å². The molecule has 2 aromatic rings. The summed E-state index contributed by atoms with van der Waals surface area (Å²) < 4.78 is 18.4. The predicted molar refractivity (Wildman–Crippen MR) is 85.0 cm³/mol. The number of amides is 1. The van der Waals surface area contributed by atoms with Crippen LogP contribution in [0.5, 0.6) is 0 Å². The van der Waals surface area contributed by atoms with Gasteiger partial charge in [-0.3, -0.25) is 0 Å². The van der Waals surface area contributed by atoms with Gasteiger partial charge in [-0.05, 0) is 11.6 Å². The summed E-state index contributed by atoms with van der Waals surface area (Å²) in [5, 5.41) is 11.2. The van der Waals surface area contributed by atoms with E-state index in [1.165, 1.54) is 6.20 Å². The number of nitriles is 1. The number of carbonyl (C=O) groups is 1. The second-order valence-electron chi connectivity index (χ2n) is 4.71. The summed E-state index contributed by atoms with van der Waals surface area (Å²) in [4.78, 5) is 15.1. The minimum atomic E-state index is -0.702. The lowest BCUT2D eigenvalue weighted by Gasteiger charge is -2.05. The molecule has 1 aromatic heterocycles. The molecule has 0 unspecified atom stereocenters. The van der Waals surface area contributed by atoms with E-state index < -0.39 is 11.9 Å². The number of rotatable bonds is 4. The summed E-state index contributed by atoms with van der Waals surface area (Å²) in [7, 11) is 0. The summed E-state index contributed by atoms with van der Waals surface area (Å²) in [5.41, 5.74) is 1.02. The van der Waals surface area contributed by atoms with E-state index in [9.17, 15) is 9.18 Å². The Hall–Kier alpha value is -3.38. The topological polar surface area (TPSA) is 75.0 Å². The lowest BCUT2D eigenvalue weighted by Crippen LogP contribution is -2.24. The van der Waals surface area contributed by atoms with Crippen molar-refractivity contribution in [1.29, 1.82) is 5.26 Å². The van der Waals surface area contributed by atoms with Gasteiger partial charge in [0, 0.05) is 24.7 Å². The van der Waals surface area contributed by atoms with Crippen molar-refractivity contribution in [2.45, 2.75) is 13.0 Å². The Kier molecular flexibility index (Phi) is 6.31. The maximum atomic E-state index is 13.3. The highest BCUT2D eigenvalue weighted by Crippen LogP contribution is 2.04. The summed E-state index contributed by atoms with van der Waals surface area (Å²) in [6.45, 7) is 0.515. The third-order valence-corrected chi connectivity index (χ3v) is 2.91. The number of ether oxygens (including phenoxy) is 1. The molecule has 1 N–H and O–H groups in total. The van der Waals surface area contributed by atoms with Crippen molar-refractivity contribution >= 4 is 6.09 Å². The number of pyridine rings is 1. The van der Waals surface area contributed by atoms with E-state index in [-0.39, 0.29) is 12.3 Å². The Bertz CT molecular complexity index is 804. The standard InChI is InChI=1S/C18H14FN3O2/c19-16-10-15(12-22-17(16)11-20)8-4-5-9-21-18(23)24-13-14-6-2-1-3-7-14/h1-3,6-7,10,12H,5,9,13H2,(H,21,23). The van der Waals surface area contributed by atoms with Gasteiger partial charge in [-0.25, -0.2) is 14.2 Å². The molecule has 0 radical (unpaired) electrons. The Balaban J connectivity index is 1.70. The number of aromatic nitrogens is 1. The summed E-state index contributed by atoms with van der Waals surface area (Å²) in [6.07, 6.45) is 1.19. The molecule has 0 aliphatic rings. The van der Waals surface area contributed by atoms with Gasteiger partial charge in [-0.2, -0.15) is 5.26 Å². The monoisotopic (exact) mass is 323 g/mol. The maximum absolute atomic E-state index is 13.3. The molecule has 1 amide bonds. The fraction of sp³-hybridized carbons (Fsp3) is 0.167. The van der Waals surface area contributed by atoms with Crippen molar-refractivity contribution in [2.75, 3.05) is 6.54 Å². The highest BCUT2D eigenvalue weighted by atomic mass is 19.1. The molecule has 0 fully saturated rings. The normalized spacial score (nSPS) is 9.33. The maximum Gasteiger partial charge on any atom is 0.407 e. The molecular formula is C18H14FN3O2. The molecule has 1 heterocycles. The molecule has 0 saturated carbocycles. The predicted octanol–water partition coefficient (Wildman–Crippen LogP) is 2.76. The van der Waals surface area contributed by atoms with Crippen LogP contribution in [0.3, 0.4) is 0 Å². The van der Waals surface area contributed by atoms with Crippen molar-refractivity contribution in [3.05, 3.63) is 65.2 Å². The third kappa shape index (κ3) is 5.43.